The Morgan fingerprint density at radius 2 is 1.82 bits per heavy atom. The lowest BCUT2D eigenvalue weighted by Crippen LogP contribution is -2.48. The van der Waals surface area contributed by atoms with Gasteiger partial charge in [-0.15, -0.1) is 0 Å². The second-order valence-corrected chi connectivity index (χ2v) is 8.64. The fourth-order valence-corrected chi connectivity index (χ4v) is 4.79. The minimum Gasteiger partial charge on any atom is -0.497 e. The number of benzene rings is 2. The number of halogens is 1. The summed E-state index contributed by atoms with van der Waals surface area (Å²) < 4.78 is 31.3. The molecular formula is C25H28FN3O4. The van der Waals surface area contributed by atoms with E-state index in [-0.39, 0.29) is 24.3 Å². The van der Waals surface area contributed by atoms with Crippen LogP contribution in [0, 0.1) is 5.82 Å². The molecular weight excluding hydrogens is 425 g/mol. The van der Waals surface area contributed by atoms with E-state index in [1.165, 1.54) is 11.1 Å². The van der Waals surface area contributed by atoms with Crippen molar-refractivity contribution in [1.29, 1.82) is 0 Å². The van der Waals surface area contributed by atoms with Crippen LogP contribution in [0.25, 0.3) is 0 Å². The monoisotopic (exact) mass is 453 g/mol. The number of likely N-dealkylation sites (tertiary alicyclic amines) is 1. The molecule has 3 heterocycles. The predicted octanol–water partition coefficient (Wildman–Crippen LogP) is 3.35. The molecule has 174 valence electrons. The molecule has 7 nitrogen and oxygen atoms in total. The molecule has 0 aliphatic carbocycles. The third kappa shape index (κ3) is 4.51. The van der Waals surface area contributed by atoms with Gasteiger partial charge in [0.05, 0.1) is 38.6 Å². The highest BCUT2D eigenvalue weighted by molar-refractivity contribution is 6.03. The highest BCUT2D eigenvalue weighted by atomic mass is 19.1. The number of ether oxygens (including phenoxy) is 3. The first-order chi connectivity index (χ1) is 16.1. The molecule has 3 aliphatic heterocycles. The second-order valence-electron chi connectivity index (χ2n) is 8.64. The maximum Gasteiger partial charge on any atom is 0.257 e. The molecule has 3 aliphatic rings. The zero-order valence-electron chi connectivity index (χ0n) is 18.7. The number of nitrogens with zero attached hydrogens (tertiary/aromatic N) is 3. The van der Waals surface area contributed by atoms with Crippen molar-refractivity contribution in [3.8, 4) is 5.75 Å². The lowest BCUT2D eigenvalue weighted by atomic mass is 9.98. The number of carbonyl (C=O) groups excluding carboxylic acids is 1. The van der Waals surface area contributed by atoms with Gasteiger partial charge in [-0.05, 0) is 23.8 Å². The second kappa shape index (κ2) is 9.21. The Morgan fingerprint density at radius 3 is 2.48 bits per heavy atom. The quantitative estimate of drug-likeness (QED) is 0.695. The smallest absolute Gasteiger partial charge is 0.257 e. The van der Waals surface area contributed by atoms with Crippen molar-refractivity contribution in [2.24, 2.45) is 5.10 Å². The average Bonchev–Trinajstić information content (AvgIpc) is 3.49. The van der Waals surface area contributed by atoms with E-state index in [1.807, 2.05) is 24.3 Å². The Bertz CT molecular complexity index is 1030. The summed E-state index contributed by atoms with van der Waals surface area (Å²) in [4.78, 5) is 15.5. The molecule has 2 aromatic rings. The average molecular weight is 454 g/mol. The number of hydrogen-bond donors (Lipinski definition) is 0. The Hall–Kier alpha value is -2.81. The third-order valence-electron chi connectivity index (χ3n) is 6.64. The fraction of sp³-hybridized carbons (Fsp3) is 0.440. The van der Waals surface area contributed by atoms with Gasteiger partial charge in [0.25, 0.3) is 5.91 Å². The first kappa shape index (κ1) is 22.0. The van der Waals surface area contributed by atoms with Crippen molar-refractivity contribution in [3.63, 3.8) is 0 Å². The van der Waals surface area contributed by atoms with Crippen molar-refractivity contribution in [3.05, 3.63) is 65.5 Å². The van der Waals surface area contributed by atoms with Crippen LogP contribution in [0.3, 0.4) is 0 Å². The van der Waals surface area contributed by atoms with Crippen LogP contribution < -0.4 is 4.74 Å². The molecule has 0 bridgehead atoms. The Balaban J connectivity index is 1.35. The van der Waals surface area contributed by atoms with Crippen LogP contribution in [0.1, 0.15) is 36.4 Å². The van der Waals surface area contributed by atoms with Crippen molar-refractivity contribution in [2.45, 2.75) is 31.1 Å². The van der Waals surface area contributed by atoms with Gasteiger partial charge in [0.15, 0.2) is 5.79 Å². The predicted molar refractivity (Wildman–Crippen MR) is 120 cm³/mol. The summed E-state index contributed by atoms with van der Waals surface area (Å²) in [6, 6.07) is 13.9. The number of piperidine rings is 1. The SMILES string of the molecule is COc1ccc(C2CC(c3ccccc3F)=NN2C(=O)CN2CCC3(CC2)OCCO3)cc1. The van der Waals surface area contributed by atoms with Crippen LogP contribution >= 0.6 is 0 Å². The van der Waals surface area contributed by atoms with Crippen LogP contribution in [0.15, 0.2) is 53.6 Å². The minimum atomic E-state index is -0.477. The lowest BCUT2D eigenvalue weighted by molar-refractivity contribution is -0.186. The summed E-state index contributed by atoms with van der Waals surface area (Å²) in [6.45, 7) is 2.94. The van der Waals surface area contributed by atoms with E-state index in [2.05, 4.69) is 10.0 Å². The zero-order chi connectivity index (χ0) is 22.8. The van der Waals surface area contributed by atoms with Gasteiger partial charge >= 0.3 is 0 Å². The Labute approximate surface area is 192 Å². The van der Waals surface area contributed by atoms with E-state index in [1.54, 1.807) is 25.3 Å². The number of carbonyl (C=O) groups is 1. The van der Waals surface area contributed by atoms with Gasteiger partial charge in [0.2, 0.25) is 0 Å². The fourth-order valence-electron chi connectivity index (χ4n) is 4.79. The standard InChI is InChI=1S/C25H28FN3O4/c1-31-19-8-6-18(7-9-19)23-16-22(20-4-2-3-5-21(20)26)27-29(23)24(30)17-28-12-10-25(11-13-28)32-14-15-33-25/h2-9,23H,10-17H2,1H3. The van der Waals surface area contributed by atoms with Gasteiger partial charge in [-0.2, -0.15) is 5.10 Å². The summed E-state index contributed by atoms with van der Waals surface area (Å²) >= 11 is 0. The van der Waals surface area contributed by atoms with Crippen molar-refractivity contribution in [2.75, 3.05) is 40.0 Å². The van der Waals surface area contributed by atoms with Gasteiger partial charge in [-0.25, -0.2) is 9.40 Å². The van der Waals surface area contributed by atoms with Gasteiger partial charge in [-0.1, -0.05) is 30.3 Å². The van der Waals surface area contributed by atoms with Crippen molar-refractivity contribution >= 4 is 11.6 Å². The summed E-state index contributed by atoms with van der Waals surface area (Å²) in [7, 11) is 1.62. The van der Waals surface area contributed by atoms with E-state index >= 15 is 0 Å². The minimum absolute atomic E-state index is 0.105. The molecule has 2 fully saturated rings. The molecule has 0 aromatic heterocycles. The van der Waals surface area contributed by atoms with Crippen LogP contribution in [0.2, 0.25) is 0 Å². The topological polar surface area (TPSA) is 63.6 Å². The lowest BCUT2D eigenvalue weighted by Gasteiger charge is -2.37. The maximum atomic E-state index is 14.5. The first-order valence-electron chi connectivity index (χ1n) is 11.4. The van der Waals surface area contributed by atoms with Crippen LogP contribution in [0.4, 0.5) is 4.39 Å². The molecule has 0 radical (unpaired) electrons. The molecule has 0 N–H and O–H groups in total. The molecule has 33 heavy (non-hydrogen) atoms. The molecule has 1 spiro atoms. The Kier molecular flexibility index (Phi) is 6.14. The van der Waals surface area contributed by atoms with E-state index in [0.717, 1.165) is 37.2 Å². The maximum absolute atomic E-state index is 14.5. The Morgan fingerprint density at radius 1 is 1.12 bits per heavy atom. The molecule has 5 rings (SSSR count). The summed E-state index contributed by atoms with van der Waals surface area (Å²) in [5.74, 6) is -0.179. The highest BCUT2D eigenvalue weighted by Gasteiger charge is 2.41. The first-order valence-corrected chi connectivity index (χ1v) is 11.4. The molecule has 1 unspecified atom stereocenters. The molecule has 1 atom stereocenters. The number of amides is 1. The van der Waals surface area contributed by atoms with E-state index < -0.39 is 5.79 Å². The summed E-state index contributed by atoms with van der Waals surface area (Å²) in [5.41, 5.74) is 1.94. The number of hydrazone groups is 1. The van der Waals surface area contributed by atoms with Crippen LogP contribution in [-0.4, -0.2) is 67.3 Å². The number of rotatable bonds is 5. The van der Waals surface area contributed by atoms with Crippen molar-refractivity contribution in [1.82, 2.24) is 9.91 Å². The summed E-state index contributed by atoms with van der Waals surface area (Å²) in [5, 5.41) is 6.13. The molecule has 2 saturated heterocycles. The van der Waals surface area contributed by atoms with Crippen LogP contribution in [0.5, 0.6) is 5.75 Å². The number of methoxy groups -OCH3 is 1. The van der Waals surface area contributed by atoms with Gasteiger partial charge < -0.3 is 14.2 Å². The molecule has 8 heteroatoms. The van der Waals surface area contributed by atoms with Gasteiger partial charge in [-0.3, -0.25) is 9.69 Å². The number of hydrogen-bond acceptors (Lipinski definition) is 6. The van der Waals surface area contributed by atoms with Gasteiger partial charge in [0, 0.05) is 37.9 Å². The zero-order valence-corrected chi connectivity index (χ0v) is 18.7. The summed E-state index contributed by atoms with van der Waals surface area (Å²) in [6.07, 6.45) is 1.93. The van der Waals surface area contributed by atoms with E-state index in [4.69, 9.17) is 14.2 Å². The van der Waals surface area contributed by atoms with Crippen molar-refractivity contribution < 1.29 is 23.4 Å². The molecule has 0 saturated carbocycles. The van der Waals surface area contributed by atoms with E-state index in [0.29, 0.717) is 30.9 Å². The van der Waals surface area contributed by atoms with E-state index in [9.17, 15) is 9.18 Å². The molecule has 1 amide bonds. The largest absolute Gasteiger partial charge is 0.497 e. The van der Waals surface area contributed by atoms with Crippen LogP contribution in [-0.2, 0) is 14.3 Å². The highest BCUT2D eigenvalue weighted by Crippen LogP contribution is 2.35. The third-order valence-corrected chi connectivity index (χ3v) is 6.64. The normalized spacial score (nSPS) is 22.5. The molecule has 2 aromatic carbocycles. The van der Waals surface area contributed by atoms with Gasteiger partial charge in [0.1, 0.15) is 11.6 Å².